The molecule has 0 aromatic heterocycles. The molecule has 9 aliphatic rings. The van der Waals surface area contributed by atoms with E-state index in [1.807, 2.05) is 40.7 Å². The number of hydrogen-bond acceptors (Lipinski definition) is 26. The van der Waals surface area contributed by atoms with E-state index in [0.29, 0.717) is 32.1 Å². The summed E-state index contributed by atoms with van der Waals surface area (Å²) in [6.45, 7) is 12.5. The Kier molecular flexibility index (Phi) is 18.2. The fourth-order valence-corrected chi connectivity index (χ4v) is 16.7. The highest BCUT2D eigenvalue weighted by atomic mass is 32.3. The number of ether oxygens (including phenoxy) is 10. The number of cyclic esters (lactones) is 1. The van der Waals surface area contributed by atoms with Gasteiger partial charge in [-0.3, -0.25) is 9.35 Å². The van der Waals surface area contributed by atoms with E-state index in [1.54, 1.807) is 13.0 Å². The number of aliphatic hydroxyl groups excluding tert-OH is 11. The van der Waals surface area contributed by atoms with Crippen molar-refractivity contribution in [1.29, 1.82) is 0 Å². The van der Waals surface area contributed by atoms with Gasteiger partial charge in [-0.2, -0.15) is 8.42 Å². The highest BCUT2D eigenvalue weighted by molar-refractivity contribution is 7.80. The molecular formula is C54H86O27S. The lowest BCUT2D eigenvalue weighted by atomic mass is 9.40. The van der Waals surface area contributed by atoms with E-state index in [4.69, 9.17) is 51.6 Å². The minimum Gasteiger partial charge on any atom is -0.453 e. The zero-order valence-electron chi connectivity index (χ0n) is 47.5. The van der Waals surface area contributed by atoms with Crippen LogP contribution in [0.25, 0.3) is 0 Å². The maximum atomic E-state index is 14.5. The molecule has 4 aliphatic carbocycles. The number of hydrogen-bond donors (Lipinski definition) is 13. The third-order valence-electron chi connectivity index (χ3n) is 20.7. The standard InChI is InChI=1S/C54H86O27S/c1-22(2)10-13-30(57)52(8)53(67)17-16-51(7)24-11-12-29-49(4,5)32(14-15-50(29,6)25(24)18-31(58)54(51,53)48(66)80-52)76-47-43(35(61)28(21-72-47)81-82(68,69)70)79-44-37(63)36(62)40(23(3)73-44)77-46-39(65)42(34(60)27(20-56)75-46)78-45-38(64)41(71-9)33(59)26(19-55)74-45/h10,18,23-24,26-47,55-65,67H,11-17,19-21H2,1-9H3,(H,68,69,70)/t23-,24-,26-,27-,28-,29-,30-,31+,32+,33-,34-,35+,36-,37-,38-,39-,40-,41+,42+,43-,44+,45+,46+,47+,50-,51+,52+,53+,54-/m1/s1. The van der Waals surface area contributed by atoms with Crippen molar-refractivity contribution in [3.05, 3.63) is 23.3 Å². The maximum absolute atomic E-state index is 14.5. The van der Waals surface area contributed by atoms with Crippen LogP contribution >= 0.6 is 0 Å². The van der Waals surface area contributed by atoms with Crippen LogP contribution in [0.15, 0.2) is 23.3 Å². The summed E-state index contributed by atoms with van der Waals surface area (Å²) in [4.78, 5) is 14.5. The van der Waals surface area contributed by atoms with Gasteiger partial charge >= 0.3 is 16.4 Å². The summed E-state index contributed by atoms with van der Waals surface area (Å²) in [6, 6.07) is 0. The lowest BCUT2D eigenvalue weighted by Crippen LogP contribution is -2.69. The van der Waals surface area contributed by atoms with Gasteiger partial charge in [-0.25, -0.2) is 4.18 Å². The molecule has 0 unspecified atom stereocenters. The molecule has 0 aromatic carbocycles. The van der Waals surface area contributed by atoms with Gasteiger partial charge in [0.15, 0.2) is 30.8 Å². The van der Waals surface area contributed by atoms with Crippen molar-refractivity contribution < 1.29 is 131 Å². The first-order chi connectivity index (χ1) is 38.2. The Bertz CT molecular complexity index is 2480. The molecule has 27 nitrogen and oxygen atoms in total. The van der Waals surface area contributed by atoms with Crippen LogP contribution in [-0.4, -0.2) is 253 Å². The zero-order chi connectivity index (χ0) is 60.4. The molecule has 3 saturated carbocycles. The monoisotopic (exact) mass is 1200 g/mol. The lowest BCUT2D eigenvalue weighted by molar-refractivity contribution is -0.389. The number of esters is 1. The molecule has 0 bridgehead atoms. The zero-order valence-corrected chi connectivity index (χ0v) is 48.3. The number of rotatable bonds is 16. The molecule has 5 heterocycles. The van der Waals surface area contributed by atoms with Crippen molar-refractivity contribution in [2.24, 2.45) is 33.5 Å². The number of methoxy groups -OCH3 is 1. The van der Waals surface area contributed by atoms with E-state index in [-0.39, 0.29) is 24.7 Å². The van der Waals surface area contributed by atoms with Gasteiger partial charge in [0, 0.05) is 7.11 Å². The quantitative estimate of drug-likeness (QED) is 0.0329. The first-order valence-electron chi connectivity index (χ1n) is 28.3. The molecule has 28 heteroatoms. The van der Waals surface area contributed by atoms with Crippen LogP contribution < -0.4 is 0 Å². The molecule has 29 atom stereocenters. The number of aliphatic hydroxyl groups is 12. The first kappa shape index (κ1) is 64.5. The third kappa shape index (κ3) is 10.2. The van der Waals surface area contributed by atoms with Crippen LogP contribution in [0, 0.1) is 33.5 Å². The molecule has 0 aromatic rings. The number of carbonyl (C=O) groups excluding carboxylic acids is 1. The predicted molar refractivity (Wildman–Crippen MR) is 275 cm³/mol. The fourth-order valence-electron chi connectivity index (χ4n) is 16.2. The number of allylic oxidation sites excluding steroid dienone is 2. The highest BCUT2D eigenvalue weighted by Crippen LogP contribution is 2.77. The van der Waals surface area contributed by atoms with Crippen molar-refractivity contribution in [1.82, 2.24) is 0 Å². The summed E-state index contributed by atoms with van der Waals surface area (Å²) in [6.07, 6.45) is -29.8. The van der Waals surface area contributed by atoms with Crippen molar-refractivity contribution in [2.45, 2.75) is 247 Å². The summed E-state index contributed by atoms with van der Waals surface area (Å²) < 4.78 is 97.6. The second-order valence-corrected chi connectivity index (χ2v) is 26.7. The minimum absolute atomic E-state index is 0.103. The van der Waals surface area contributed by atoms with Crippen LogP contribution in [0.4, 0.5) is 0 Å². The summed E-state index contributed by atoms with van der Waals surface area (Å²) in [7, 11) is -4.03. The van der Waals surface area contributed by atoms with E-state index in [1.165, 1.54) is 14.0 Å². The van der Waals surface area contributed by atoms with Crippen LogP contribution in [0.3, 0.4) is 0 Å². The number of carbonyl (C=O) groups is 1. The van der Waals surface area contributed by atoms with Crippen molar-refractivity contribution in [3.63, 3.8) is 0 Å². The summed E-state index contributed by atoms with van der Waals surface area (Å²) in [5.74, 6) is -1.19. The van der Waals surface area contributed by atoms with Crippen LogP contribution in [0.2, 0.25) is 0 Å². The van der Waals surface area contributed by atoms with Gasteiger partial charge < -0.3 is 109 Å². The molecule has 8 fully saturated rings. The SMILES string of the molecule is CO[C@@H]1[C@@H](O)[C@H](O[C@@H]2[C@@H](O)[C@H](O[C@H]3[C@H](O)[C@@H](O)[C@H](O[C@H]4[C@H](O[C@H]5CC[C@]6(C)C7=C[C@H](O)[C@]89C(=O)O[C@@](C)([C@H](O)CC=C(C)C)[C@@]8(O)CC[C@@]9(C)[C@@H]7CC[C@@H]6C5(C)C)OC[C@@H](OS(=O)(=O)O)[C@@H]4O)O[C@@H]3C)O[C@H](CO)[C@H]2O)O[C@H](CO)[C@H]1O. The summed E-state index contributed by atoms with van der Waals surface area (Å²) in [5, 5.41) is 136. The normalized spacial score (nSPS) is 51.4. The van der Waals surface area contributed by atoms with Crippen LogP contribution in [-0.2, 0) is 66.7 Å². The van der Waals surface area contributed by atoms with E-state index in [2.05, 4.69) is 6.92 Å². The summed E-state index contributed by atoms with van der Waals surface area (Å²) in [5.41, 5.74) is -5.86. The molecule has 13 N–H and O–H groups in total. The topological polar surface area (TPSA) is 416 Å². The van der Waals surface area contributed by atoms with Gasteiger partial charge in [-0.15, -0.1) is 0 Å². The minimum atomic E-state index is -5.20. The van der Waals surface area contributed by atoms with E-state index in [0.717, 1.165) is 11.1 Å². The Morgan fingerprint density at radius 3 is 1.91 bits per heavy atom. The summed E-state index contributed by atoms with van der Waals surface area (Å²) >= 11 is 0. The lowest BCUT2D eigenvalue weighted by Gasteiger charge is -2.64. The molecule has 5 aliphatic heterocycles. The largest absolute Gasteiger partial charge is 0.453 e. The predicted octanol–water partition coefficient (Wildman–Crippen LogP) is -2.50. The highest BCUT2D eigenvalue weighted by Gasteiger charge is 2.86. The Morgan fingerprint density at radius 2 is 1.32 bits per heavy atom. The molecular weight excluding hydrogens is 1110 g/mol. The molecule has 0 amide bonds. The Hall–Kier alpha value is -2.02. The second-order valence-electron chi connectivity index (χ2n) is 25.6. The molecule has 0 radical (unpaired) electrons. The van der Waals surface area contributed by atoms with Gasteiger partial charge in [0.1, 0.15) is 96.5 Å². The van der Waals surface area contributed by atoms with E-state index < -0.39 is 204 Å². The Morgan fingerprint density at radius 1 is 0.732 bits per heavy atom. The average Bonchev–Trinajstić information content (AvgIpc) is 1.49. The van der Waals surface area contributed by atoms with E-state index in [9.17, 15) is 79.0 Å². The van der Waals surface area contributed by atoms with E-state index >= 15 is 0 Å². The van der Waals surface area contributed by atoms with Gasteiger partial charge in [0.25, 0.3) is 0 Å². The molecule has 1 spiro atoms. The smallest absolute Gasteiger partial charge is 0.397 e. The molecule has 82 heavy (non-hydrogen) atoms. The average molecular weight is 1200 g/mol. The maximum Gasteiger partial charge on any atom is 0.397 e. The Labute approximate surface area is 475 Å². The van der Waals surface area contributed by atoms with Gasteiger partial charge in [-0.1, -0.05) is 51.0 Å². The van der Waals surface area contributed by atoms with Crippen LogP contribution in [0.5, 0.6) is 0 Å². The molecule has 9 rings (SSSR count). The van der Waals surface area contributed by atoms with Crippen LogP contribution in [0.1, 0.15) is 100 Å². The van der Waals surface area contributed by atoms with Crippen molar-refractivity contribution >= 4 is 16.4 Å². The second kappa shape index (κ2) is 23.2. The third-order valence-corrected chi connectivity index (χ3v) is 21.2. The van der Waals surface area contributed by atoms with Crippen molar-refractivity contribution in [3.8, 4) is 0 Å². The fraction of sp³-hybridized carbons (Fsp3) is 0.907. The van der Waals surface area contributed by atoms with Gasteiger partial charge in [-0.05, 0) is 101 Å². The van der Waals surface area contributed by atoms with Gasteiger partial charge in [0.05, 0.1) is 44.2 Å². The first-order valence-corrected chi connectivity index (χ1v) is 29.6. The number of fused-ring (bicyclic) bond motifs is 4. The van der Waals surface area contributed by atoms with Gasteiger partial charge in [0.2, 0.25) is 0 Å². The van der Waals surface area contributed by atoms with Crippen molar-refractivity contribution in [2.75, 3.05) is 26.9 Å². The Balaban J connectivity index is 0.917. The molecule has 470 valence electrons. The molecule has 5 saturated heterocycles.